The number of hydrogen-bond donors (Lipinski definition) is 0. The van der Waals surface area contributed by atoms with E-state index in [4.69, 9.17) is 0 Å². The molecule has 0 aliphatic carbocycles. The smallest absolute Gasteiger partial charge is 0.135 e. The van der Waals surface area contributed by atoms with Crippen LogP contribution in [0.25, 0.3) is 0 Å². The minimum atomic E-state index is 0.411. The molecule has 2 nitrogen and oxygen atoms in total. The SMILES string of the molecule is C/C=C\C=C/C(C)/C(=C\C)CN1CCC(=O)CC1. The molecule has 100 valence electrons. The minimum absolute atomic E-state index is 0.411. The van der Waals surface area contributed by atoms with E-state index < -0.39 is 0 Å². The van der Waals surface area contributed by atoms with Crippen molar-refractivity contribution in [3.63, 3.8) is 0 Å². The zero-order chi connectivity index (χ0) is 13.4. The molecular weight excluding hydrogens is 222 g/mol. The number of Topliss-reactive ketones (excluding diaryl/α,β-unsaturated/α-hetero) is 1. The van der Waals surface area contributed by atoms with Gasteiger partial charge in [-0.05, 0) is 19.8 Å². The van der Waals surface area contributed by atoms with Crippen molar-refractivity contribution in [2.45, 2.75) is 33.6 Å². The van der Waals surface area contributed by atoms with Crippen LogP contribution in [-0.4, -0.2) is 30.3 Å². The van der Waals surface area contributed by atoms with Gasteiger partial charge in [-0.1, -0.05) is 42.9 Å². The number of likely N-dealkylation sites (tertiary alicyclic amines) is 1. The average Bonchev–Trinajstić information content (AvgIpc) is 2.38. The van der Waals surface area contributed by atoms with Gasteiger partial charge in [-0.25, -0.2) is 0 Å². The predicted molar refractivity (Wildman–Crippen MR) is 77.6 cm³/mol. The van der Waals surface area contributed by atoms with Crippen LogP contribution in [0, 0.1) is 5.92 Å². The van der Waals surface area contributed by atoms with Gasteiger partial charge in [0.1, 0.15) is 5.78 Å². The lowest BCUT2D eigenvalue weighted by Gasteiger charge is -2.28. The first kappa shape index (κ1) is 14.9. The highest BCUT2D eigenvalue weighted by Crippen LogP contribution is 2.16. The third-order valence-corrected chi connectivity index (χ3v) is 3.48. The minimum Gasteiger partial charge on any atom is -0.300 e. The summed E-state index contributed by atoms with van der Waals surface area (Å²) in [4.78, 5) is 13.6. The lowest BCUT2D eigenvalue weighted by atomic mass is 9.98. The molecule has 0 aromatic rings. The molecule has 1 aliphatic heterocycles. The van der Waals surface area contributed by atoms with Crippen molar-refractivity contribution in [1.82, 2.24) is 4.90 Å². The van der Waals surface area contributed by atoms with Gasteiger partial charge in [0.2, 0.25) is 0 Å². The van der Waals surface area contributed by atoms with E-state index in [0.717, 1.165) is 32.5 Å². The predicted octanol–water partition coefficient (Wildman–Crippen LogP) is 3.37. The fourth-order valence-electron chi connectivity index (χ4n) is 2.18. The van der Waals surface area contributed by atoms with Crippen LogP contribution < -0.4 is 0 Å². The van der Waals surface area contributed by atoms with Crippen LogP contribution in [0.3, 0.4) is 0 Å². The molecule has 1 aliphatic rings. The summed E-state index contributed by atoms with van der Waals surface area (Å²) in [5, 5.41) is 0. The van der Waals surface area contributed by atoms with E-state index in [0.29, 0.717) is 11.7 Å². The number of allylic oxidation sites excluding steroid dienone is 5. The Hall–Kier alpha value is -1.15. The van der Waals surface area contributed by atoms with Crippen molar-refractivity contribution < 1.29 is 4.79 Å². The van der Waals surface area contributed by atoms with Gasteiger partial charge in [-0.3, -0.25) is 9.69 Å². The largest absolute Gasteiger partial charge is 0.300 e. The van der Waals surface area contributed by atoms with Crippen LogP contribution in [0.1, 0.15) is 33.6 Å². The van der Waals surface area contributed by atoms with Gasteiger partial charge < -0.3 is 0 Å². The molecule has 0 spiro atoms. The maximum Gasteiger partial charge on any atom is 0.135 e. The van der Waals surface area contributed by atoms with Crippen LogP contribution in [0.15, 0.2) is 36.0 Å². The monoisotopic (exact) mass is 247 g/mol. The number of carbonyl (C=O) groups excluding carboxylic acids is 1. The van der Waals surface area contributed by atoms with Crippen LogP contribution in [-0.2, 0) is 4.79 Å². The third-order valence-electron chi connectivity index (χ3n) is 3.48. The summed E-state index contributed by atoms with van der Waals surface area (Å²) in [7, 11) is 0. The van der Waals surface area contributed by atoms with Crippen LogP contribution in [0.2, 0.25) is 0 Å². The number of nitrogens with zero attached hydrogens (tertiary/aromatic N) is 1. The van der Waals surface area contributed by atoms with Crippen molar-refractivity contribution in [3.05, 3.63) is 36.0 Å². The Kier molecular flexibility index (Phi) is 6.66. The van der Waals surface area contributed by atoms with Crippen LogP contribution >= 0.6 is 0 Å². The molecule has 1 atom stereocenters. The van der Waals surface area contributed by atoms with E-state index in [1.54, 1.807) is 0 Å². The zero-order valence-corrected chi connectivity index (χ0v) is 11.9. The number of hydrogen-bond acceptors (Lipinski definition) is 2. The van der Waals surface area contributed by atoms with Crippen molar-refractivity contribution in [1.29, 1.82) is 0 Å². The van der Waals surface area contributed by atoms with Crippen LogP contribution in [0.5, 0.6) is 0 Å². The lowest BCUT2D eigenvalue weighted by Crippen LogP contribution is -2.35. The highest BCUT2D eigenvalue weighted by molar-refractivity contribution is 5.79. The fourth-order valence-corrected chi connectivity index (χ4v) is 2.18. The summed E-state index contributed by atoms with van der Waals surface area (Å²) >= 11 is 0. The molecule has 0 amide bonds. The first-order valence-corrected chi connectivity index (χ1v) is 6.86. The van der Waals surface area contributed by atoms with Crippen molar-refractivity contribution >= 4 is 5.78 Å². The molecule has 0 radical (unpaired) electrons. The number of piperidine rings is 1. The summed E-state index contributed by atoms with van der Waals surface area (Å²) in [6.45, 7) is 9.18. The van der Waals surface area contributed by atoms with E-state index in [2.05, 4.69) is 43.1 Å². The fraction of sp³-hybridized carbons (Fsp3) is 0.562. The lowest BCUT2D eigenvalue weighted by molar-refractivity contribution is -0.121. The molecule has 2 heteroatoms. The van der Waals surface area contributed by atoms with E-state index in [9.17, 15) is 4.79 Å². The second-order valence-electron chi connectivity index (χ2n) is 4.88. The zero-order valence-electron chi connectivity index (χ0n) is 11.9. The Bertz CT molecular complexity index is 342. The first-order chi connectivity index (χ1) is 8.67. The van der Waals surface area contributed by atoms with Gasteiger partial charge in [-0.15, -0.1) is 0 Å². The molecular formula is C16H25NO. The van der Waals surface area contributed by atoms with Gasteiger partial charge in [0, 0.05) is 32.5 Å². The van der Waals surface area contributed by atoms with Crippen molar-refractivity contribution in [2.24, 2.45) is 5.92 Å². The van der Waals surface area contributed by atoms with Gasteiger partial charge in [-0.2, -0.15) is 0 Å². The number of rotatable bonds is 5. The van der Waals surface area contributed by atoms with Gasteiger partial charge >= 0.3 is 0 Å². The molecule has 1 heterocycles. The highest BCUT2D eigenvalue weighted by Gasteiger charge is 2.17. The maximum atomic E-state index is 11.2. The number of carbonyl (C=O) groups is 1. The standard InChI is InChI=1S/C16H25NO/c1-4-6-7-8-14(3)15(5-2)13-17-11-9-16(18)10-12-17/h4-8,14H,9-13H2,1-3H3/b6-4-,8-7-,15-5-. The number of ketones is 1. The second kappa shape index (κ2) is 8.04. The summed E-state index contributed by atoms with van der Waals surface area (Å²) in [5.41, 5.74) is 1.44. The Labute approximate surface area is 111 Å². The third kappa shape index (κ3) is 5.01. The van der Waals surface area contributed by atoms with E-state index in [1.807, 2.05) is 13.0 Å². The molecule has 1 saturated heterocycles. The summed E-state index contributed by atoms with van der Waals surface area (Å²) in [6, 6.07) is 0. The Morgan fingerprint density at radius 2 is 1.94 bits per heavy atom. The van der Waals surface area contributed by atoms with Gasteiger partial charge in [0.05, 0.1) is 0 Å². The topological polar surface area (TPSA) is 20.3 Å². The van der Waals surface area contributed by atoms with E-state index in [1.165, 1.54) is 5.57 Å². The Morgan fingerprint density at radius 1 is 1.28 bits per heavy atom. The molecule has 1 fully saturated rings. The molecule has 0 saturated carbocycles. The molecule has 0 aromatic carbocycles. The van der Waals surface area contributed by atoms with E-state index >= 15 is 0 Å². The second-order valence-corrected chi connectivity index (χ2v) is 4.88. The maximum absolute atomic E-state index is 11.2. The average molecular weight is 247 g/mol. The summed E-state index contributed by atoms with van der Waals surface area (Å²) < 4.78 is 0. The van der Waals surface area contributed by atoms with Crippen molar-refractivity contribution in [3.8, 4) is 0 Å². The highest BCUT2D eigenvalue weighted by atomic mass is 16.1. The van der Waals surface area contributed by atoms with Crippen molar-refractivity contribution in [2.75, 3.05) is 19.6 Å². The van der Waals surface area contributed by atoms with Gasteiger partial charge in [0.15, 0.2) is 0 Å². The molecule has 0 bridgehead atoms. The molecule has 18 heavy (non-hydrogen) atoms. The molecule has 1 rings (SSSR count). The molecule has 1 unspecified atom stereocenters. The van der Waals surface area contributed by atoms with Gasteiger partial charge in [0.25, 0.3) is 0 Å². The quantitative estimate of drug-likeness (QED) is 0.548. The normalized spacial score (nSPS) is 21.1. The summed E-state index contributed by atoms with van der Waals surface area (Å²) in [5.74, 6) is 0.873. The van der Waals surface area contributed by atoms with Crippen LogP contribution in [0.4, 0.5) is 0 Å². The molecule has 0 aromatic heterocycles. The Balaban J connectivity index is 2.49. The Morgan fingerprint density at radius 3 is 2.50 bits per heavy atom. The first-order valence-electron chi connectivity index (χ1n) is 6.86. The molecule has 0 N–H and O–H groups in total. The van der Waals surface area contributed by atoms with E-state index in [-0.39, 0.29) is 0 Å². The summed E-state index contributed by atoms with van der Waals surface area (Å²) in [6.07, 6.45) is 12.1.